The van der Waals surface area contributed by atoms with Gasteiger partial charge >= 0.3 is 6.03 Å². The van der Waals surface area contributed by atoms with E-state index in [9.17, 15) is 9.59 Å². The molecule has 1 heterocycles. The first-order chi connectivity index (χ1) is 10.3. The summed E-state index contributed by atoms with van der Waals surface area (Å²) in [5.41, 5.74) is 1.75. The van der Waals surface area contributed by atoms with Gasteiger partial charge in [-0.15, -0.1) is 0 Å². The number of anilines is 1. The molecule has 1 aliphatic rings. The number of hydrogen-bond acceptors (Lipinski definition) is 2. The van der Waals surface area contributed by atoms with Gasteiger partial charge in [-0.25, -0.2) is 4.79 Å². The molecule has 0 radical (unpaired) electrons. The van der Waals surface area contributed by atoms with Crippen LogP contribution in [0, 0.1) is 6.92 Å². The van der Waals surface area contributed by atoms with E-state index in [1.165, 1.54) is 0 Å². The summed E-state index contributed by atoms with van der Waals surface area (Å²) < 4.78 is 0. The zero-order chi connectivity index (χ0) is 16.4. The Labute approximate surface area is 136 Å². The topological polar surface area (TPSA) is 52.6 Å². The van der Waals surface area contributed by atoms with E-state index in [0.717, 1.165) is 11.3 Å². The summed E-state index contributed by atoms with van der Waals surface area (Å²) in [5.74, 6) is -0.0925. The van der Waals surface area contributed by atoms with Crippen molar-refractivity contribution in [2.24, 2.45) is 0 Å². The Kier molecular flexibility index (Phi) is 4.96. The Hall–Kier alpha value is -1.75. The maximum atomic E-state index is 12.6. The van der Waals surface area contributed by atoms with E-state index >= 15 is 0 Å². The van der Waals surface area contributed by atoms with Crippen molar-refractivity contribution in [2.45, 2.75) is 39.8 Å². The number of piperazine rings is 1. The van der Waals surface area contributed by atoms with Crippen LogP contribution in [0.4, 0.5) is 10.5 Å². The van der Waals surface area contributed by atoms with E-state index < -0.39 is 6.04 Å². The molecule has 1 N–H and O–H groups in total. The molecule has 1 saturated heterocycles. The number of hydrogen-bond donors (Lipinski definition) is 1. The Morgan fingerprint density at radius 1 is 1.36 bits per heavy atom. The molecule has 1 fully saturated rings. The molecule has 22 heavy (non-hydrogen) atoms. The summed E-state index contributed by atoms with van der Waals surface area (Å²) in [4.78, 5) is 28.0. The number of carbonyl (C=O) groups is 2. The van der Waals surface area contributed by atoms with Crippen LogP contribution in [-0.4, -0.2) is 42.0 Å². The van der Waals surface area contributed by atoms with Crippen molar-refractivity contribution in [1.82, 2.24) is 10.2 Å². The van der Waals surface area contributed by atoms with Crippen molar-refractivity contribution in [2.75, 3.05) is 18.0 Å². The average molecular weight is 324 g/mol. The zero-order valence-electron chi connectivity index (χ0n) is 13.4. The Morgan fingerprint density at radius 3 is 2.64 bits per heavy atom. The van der Waals surface area contributed by atoms with Gasteiger partial charge in [0, 0.05) is 29.8 Å². The lowest BCUT2D eigenvalue weighted by Gasteiger charge is -2.39. The predicted molar refractivity (Wildman–Crippen MR) is 88.4 cm³/mol. The van der Waals surface area contributed by atoms with E-state index in [-0.39, 0.29) is 18.0 Å². The molecule has 0 spiro atoms. The molecule has 0 aromatic heterocycles. The quantitative estimate of drug-likeness (QED) is 0.910. The first-order valence-electron chi connectivity index (χ1n) is 7.46. The number of urea groups is 1. The Bertz CT molecular complexity index is 589. The van der Waals surface area contributed by atoms with Gasteiger partial charge in [0.1, 0.15) is 6.04 Å². The molecule has 2 rings (SSSR count). The summed E-state index contributed by atoms with van der Waals surface area (Å²) >= 11 is 6.14. The van der Waals surface area contributed by atoms with Crippen LogP contribution in [0.3, 0.4) is 0 Å². The fourth-order valence-electron chi connectivity index (χ4n) is 2.48. The first-order valence-corrected chi connectivity index (χ1v) is 7.83. The standard InChI is InChI=1S/C16H22ClN3O2/c1-10(2)18-16(22)19-7-8-20(15(21)12(19)4)13-6-5-11(3)14(17)9-13/h5-6,9-10,12H,7-8H2,1-4H3,(H,18,22). The lowest BCUT2D eigenvalue weighted by atomic mass is 10.1. The summed E-state index contributed by atoms with van der Waals surface area (Å²) in [7, 11) is 0. The molecule has 5 nitrogen and oxygen atoms in total. The molecule has 0 saturated carbocycles. The van der Waals surface area contributed by atoms with Crippen molar-refractivity contribution in [3.8, 4) is 0 Å². The van der Waals surface area contributed by atoms with E-state index in [1.807, 2.05) is 32.9 Å². The van der Waals surface area contributed by atoms with Gasteiger partial charge in [0.15, 0.2) is 0 Å². The van der Waals surface area contributed by atoms with Gasteiger partial charge in [0.25, 0.3) is 0 Å². The summed E-state index contributed by atoms with van der Waals surface area (Å²) in [6.45, 7) is 8.43. The second-order valence-corrected chi connectivity index (χ2v) is 6.30. The smallest absolute Gasteiger partial charge is 0.318 e. The van der Waals surface area contributed by atoms with Crippen LogP contribution in [0.15, 0.2) is 18.2 Å². The Balaban J connectivity index is 2.15. The third-order valence-electron chi connectivity index (χ3n) is 3.80. The molecule has 1 aliphatic heterocycles. The monoisotopic (exact) mass is 323 g/mol. The van der Waals surface area contributed by atoms with E-state index in [2.05, 4.69) is 5.32 Å². The van der Waals surface area contributed by atoms with E-state index in [1.54, 1.807) is 22.8 Å². The van der Waals surface area contributed by atoms with Crippen molar-refractivity contribution in [3.05, 3.63) is 28.8 Å². The lowest BCUT2D eigenvalue weighted by molar-refractivity contribution is -0.124. The maximum absolute atomic E-state index is 12.6. The van der Waals surface area contributed by atoms with Gasteiger partial charge < -0.3 is 15.1 Å². The molecule has 120 valence electrons. The summed E-state index contributed by atoms with van der Waals surface area (Å²) in [5, 5.41) is 3.47. The van der Waals surface area contributed by atoms with Crippen LogP contribution in [0.1, 0.15) is 26.3 Å². The molecule has 1 unspecified atom stereocenters. The van der Waals surface area contributed by atoms with Crippen LogP contribution in [0.25, 0.3) is 0 Å². The number of halogens is 1. The van der Waals surface area contributed by atoms with Crippen LogP contribution in [-0.2, 0) is 4.79 Å². The van der Waals surface area contributed by atoms with E-state index in [4.69, 9.17) is 11.6 Å². The van der Waals surface area contributed by atoms with Crippen molar-refractivity contribution in [3.63, 3.8) is 0 Å². The van der Waals surface area contributed by atoms with Gasteiger partial charge in [0.05, 0.1) is 0 Å². The fourth-order valence-corrected chi connectivity index (χ4v) is 2.66. The number of carbonyl (C=O) groups excluding carboxylic acids is 2. The highest BCUT2D eigenvalue weighted by Crippen LogP contribution is 2.26. The molecule has 1 aromatic rings. The third-order valence-corrected chi connectivity index (χ3v) is 4.20. The number of aryl methyl sites for hydroxylation is 1. The fraction of sp³-hybridized carbons (Fsp3) is 0.500. The minimum Gasteiger partial charge on any atom is -0.336 e. The molecular formula is C16H22ClN3O2. The highest BCUT2D eigenvalue weighted by molar-refractivity contribution is 6.31. The second-order valence-electron chi connectivity index (χ2n) is 5.90. The van der Waals surface area contributed by atoms with Gasteiger partial charge in [0.2, 0.25) is 5.91 Å². The van der Waals surface area contributed by atoms with Gasteiger partial charge in [-0.1, -0.05) is 17.7 Å². The number of benzene rings is 1. The molecule has 0 bridgehead atoms. The van der Waals surface area contributed by atoms with Crippen LogP contribution in [0.5, 0.6) is 0 Å². The maximum Gasteiger partial charge on any atom is 0.318 e. The van der Waals surface area contributed by atoms with Crippen LogP contribution in [0.2, 0.25) is 5.02 Å². The highest BCUT2D eigenvalue weighted by atomic mass is 35.5. The molecular weight excluding hydrogens is 302 g/mol. The number of amides is 3. The molecule has 0 aliphatic carbocycles. The normalized spacial score (nSPS) is 18.8. The molecule has 3 amide bonds. The molecule has 6 heteroatoms. The lowest BCUT2D eigenvalue weighted by Crippen LogP contribution is -2.60. The average Bonchev–Trinajstić information content (AvgIpc) is 2.44. The first kappa shape index (κ1) is 16.6. The summed E-state index contributed by atoms with van der Waals surface area (Å²) in [6, 6.07) is 4.93. The predicted octanol–water partition coefficient (Wildman–Crippen LogP) is 2.80. The van der Waals surface area contributed by atoms with Gasteiger partial charge in [-0.2, -0.15) is 0 Å². The zero-order valence-corrected chi connectivity index (χ0v) is 14.1. The van der Waals surface area contributed by atoms with Crippen LogP contribution >= 0.6 is 11.6 Å². The highest BCUT2D eigenvalue weighted by Gasteiger charge is 2.35. The number of nitrogens with one attached hydrogen (secondary N) is 1. The second kappa shape index (κ2) is 6.57. The largest absolute Gasteiger partial charge is 0.336 e. The molecule has 1 aromatic carbocycles. The van der Waals surface area contributed by atoms with Crippen molar-refractivity contribution < 1.29 is 9.59 Å². The Morgan fingerprint density at radius 2 is 2.05 bits per heavy atom. The van der Waals surface area contributed by atoms with Crippen LogP contribution < -0.4 is 10.2 Å². The molecule has 1 atom stereocenters. The number of nitrogens with zero attached hydrogens (tertiary/aromatic N) is 2. The number of rotatable bonds is 2. The van der Waals surface area contributed by atoms with E-state index in [0.29, 0.717) is 18.1 Å². The SMILES string of the molecule is Cc1ccc(N2CCN(C(=O)NC(C)C)C(C)C2=O)cc1Cl. The third kappa shape index (κ3) is 3.35. The van der Waals surface area contributed by atoms with Crippen molar-refractivity contribution >= 4 is 29.2 Å². The van der Waals surface area contributed by atoms with Crippen molar-refractivity contribution in [1.29, 1.82) is 0 Å². The van der Waals surface area contributed by atoms with Gasteiger partial charge in [-0.05, 0) is 45.4 Å². The van der Waals surface area contributed by atoms with Gasteiger partial charge in [-0.3, -0.25) is 4.79 Å². The minimum absolute atomic E-state index is 0.0451. The summed E-state index contributed by atoms with van der Waals surface area (Å²) in [6.07, 6.45) is 0. The minimum atomic E-state index is -0.493.